The molecule has 10 heteroatoms. The Labute approximate surface area is 203 Å². The molecule has 0 spiro atoms. The highest BCUT2D eigenvalue weighted by Gasteiger charge is 2.26. The SMILES string of the molecule is COc1cc(/C=C/C(=O)O)c(CCCC[SiH2]C(O[Si](C)(C)C)O[Si](C)(C)C)c(OC)c1OC. The van der Waals surface area contributed by atoms with E-state index in [1.165, 1.54) is 0 Å². The van der Waals surface area contributed by atoms with Gasteiger partial charge in [0.1, 0.15) is 5.91 Å². The lowest BCUT2D eigenvalue weighted by Gasteiger charge is -2.31. The lowest BCUT2D eigenvalue weighted by molar-refractivity contribution is -0.131. The molecule has 1 rings (SSSR count). The number of carboxylic acids is 1. The van der Waals surface area contributed by atoms with Gasteiger partial charge in [-0.25, -0.2) is 4.79 Å². The fourth-order valence-corrected chi connectivity index (χ4v) is 10.2. The number of unbranched alkanes of at least 4 members (excludes halogenated alkanes) is 1. The molecule has 0 aliphatic heterocycles. The second kappa shape index (κ2) is 13.3. The Balaban J connectivity index is 2.94. The van der Waals surface area contributed by atoms with Crippen molar-refractivity contribution in [3.8, 4) is 17.2 Å². The molecule has 0 saturated heterocycles. The number of rotatable bonds is 15. The molecule has 0 unspecified atom stereocenters. The van der Waals surface area contributed by atoms with Crippen LogP contribution in [0.15, 0.2) is 12.1 Å². The smallest absolute Gasteiger partial charge is 0.328 e. The third kappa shape index (κ3) is 10.9. The number of carboxylic acid groups (broad SMARTS) is 1. The van der Waals surface area contributed by atoms with E-state index in [9.17, 15) is 4.79 Å². The molecule has 0 amide bonds. The van der Waals surface area contributed by atoms with Crippen molar-refractivity contribution in [2.24, 2.45) is 0 Å². The van der Waals surface area contributed by atoms with Crippen LogP contribution in [0.5, 0.6) is 17.2 Å². The number of carbonyl (C=O) groups is 1. The van der Waals surface area contributed by atoms with E-state index in [4.69, 9.17) is 28.2 Å². The fraction of sp³-hybridized carbons (Fsp3) is 0.609. The van der Waals surface area contributed by atoms with Crippen molar-refractivity contribution >= 4 is 38.2 Å². The zero-order valence-corrected chi connectivity index (χ0v) is 25.2. The van der Waals surface area contributed by atoms with Crippen molar-refractivity contribution in [2.45, 2.75) is 70.5 Å². The van der Waals surface area contributed by atoms with E-state index in [-0.39, 0.29) is 5.91 Å². The van der Waals surface area contributed by atoms with Crippen LogP contribution in [0.3, 0.4) is 0 Å². The number of hydrogen-bond donors (Lipinski definition) is 1. The summed E-state index contributed by atoms with van der Waals surface area (Å²) < 4.78 is 29.3. The van der Waals surface area contributed by atoms with E-state index >= 15 is 0 Å². The molecule has 0 heterocycles. The monoisotopic (exact) mass is 514 g/mol. The molecule has 0 aliphatic carbocycles. The topological polar surface area (TPSA) is 83.5 Å². The van der Waals surface area contributed by atoms with Crippen LogP contribution in [0, 0.1) is 0 Å². The van der Waals surface area contributed by atoms with Crippen LogP contribution in [0.2, 0.25) is 45.3 Å². The van der Waals surface area contributed by atoms with Gasteiger partial charge in [-0.15, -0.1) is 0 Å². The Hall–Kier alpha value is -1.60. The van der Waals surface area contributed by atoms with E-state index in [1.54, 1.807) is 33.5 Å². The maximum Gasteiger partial charge on any atom is 0.328 e. The zero-order chi connectivity index (χ0) is 25.2. The molecule has 0 aromatic heterocycles. The van der Waals surface area contributed by atoms with Crippen LogP contribution in [-0.2, 0) is 20.1 Å². The zero-order valence-electron chi connectivity index (χ0n) is 21.7. The largest absolute Gasteiger partial charge is 0.493 e. The molecule has 1 aromatic carbocycles. The molecule has 188 valence electrons. The summed E-state index contributed by atoms with van der Waals surface area (Å²) in [6, 6.07) is 2.92. The van der Waals surface area contributed by atoms with E-state index < -0.39 is 32.1 Å². The van der Waals surface area contributed by atoms with Crippen LogP contribution >= 0.6 is 0 Å². The first-order valence-corrected chi connectivity index (χ1v) is 20.0. The van der Waals surface area contributed by atoms with E-state index in [2.05, 4.69) is 39.3 Å². The molecule has 0 bridgehead atoms. The van der Waals surface area contributed by atoms with Gasteiger partial charge in [0.05, 0.1) is 30.8 Å². The minimum Gasteiger partial charge on any atom is -0.493 e. The molecule has 33 heavy (non-hydrogen) atoms. The van der Waals surface area contributed by atoms with Crippen molar-refractivity contribution in [3.63, 3.8) is 0 Å². The Morgan fingerprint density at radius 2 is 1.55 bits per heavy atom. The maximum absolute atomic E-state index is 11.1. The highest BCUT2D eigenvalue weighted by molar-refractivity contribution is 6.71. The Kier molecular flexibility index (Phi) is 11.9. The summed E-state index contributed by atoms with van der Waals surface area (Å²) in [5.41, 5.74) is 1.67. The van der Waals surface area contributed by atoms with Crippen molar-refractivity contribution in [2.75, 3.05) is 21.3 Å². The normalized spacial score (nSPS) is 12.8. The summed E-state index contributed by atoms with van der Waals surface area (Å²) >= 11 is 0. The summed E-state index contributed by atoms with van der Waals surface area (Å²) in [7, 11) is 0.832. The predicted molar refractivity (Wildman–Crippen MR) is 142 cm³/mol. The molecular formula is C23H42O7Si3. The molecular weight excluding hydrogens is 473 g/mol. The summed E-state index contributed by atoms with van der Waals surface area (Å²) in [4.78, 5) is 11.1. The summed E-state index contributed by atoms with van der Waals surface area (Å²) in [5.74, 6) is 0.597. The first kappa shape index (κ1) is 29.4. The van der Waals surface area contributed by atoms with Gasteiger partial charge in [0.15, 0.2) is 28.1 Å². The van der Waals surface area contributed by atoms with E-state index in [0.29, 0.717) is 17.2 Å². The van der Waals surface area contributed by atoms with Gasteiger partial charge >= 0.3 is 5.97 Å². The van der Waals surface area contributed by atoms with Gasteiger partial charge in [-0.3, -0.25) is 0 Å². The molecule has 0 aliphatic rings. The quantitative estimate of drug-likeness (QED) is 0.157. The Morgan fingerprint density at radius 3 is 2.00 bits per heavy atom. The summed E-state index contributed by atoms with van der Waals surface area (Å²) in [6.45, 7) is 13.2. The molecule has 0 saturated carbocycles. The van der Waals surface area contributed by atoms with Crippen LogP contribution < -0.4 is 14.2 Å². The van der Waals surface area contributed by atoms with Gasteiger partial charge in [-0.2, -0.15) is 0 Å². The standard InChI is InChI=1S/C23H42O7Si3/c1-26-19-16-17(13-14-20(24)25)18(21(27-2)22(19)28-3)12-10-11-15-31-23(29-32(4,5)6)30-33(7,8)9/h13-14,16,23H,10-12,15,31H2,1-9H3,(H,24,25)/b14-13+. The molecule has 0 fully saturated rings. The van der Waals surface area contributed by atoms with E-state index in [0.717, 1.165) is 42.5 Å². The van der Waals surface area contributed by atoms with Gasteiger partial charge in [0.2, 0.25) is 5.75 Å². The fourth-order valence-electron chi connectivity index (χ4n) is 3.52. The molecule has 0 atom stereocenters. The highest BCUT2D eigenvalue weighted by atomic mass is 28.4. The second-order valence-corrected chi connectivity index (χ2v) is 20.7. The van der Waals surface area contributed by atoms with Crippen molar-refractivity contribution in [1.29, 1.82) is 0 Å². The third-order valence-electron chi connectivity index (χ3n) is 4.71. The van der Waals surface area contributed by atoms with Crippen molar-refractivity contribution in [1.82, 2.24) is 0 Å². The van der Waals surface area contributed by atoms with Crippen molar-refractivity contribution in [3.05, 3.63) is 23.3 Å². The number of benzene rings is 1. The summed E-state index contributed by atoms with van der Waals surface area (Å²) in [6.07, 6.45) is 5.44. The first-order chi connectivity index (χ1) is 15.3. The predicted octanol–water partition coefficient (Wildman–Crippen LogP) is 4.71. The minimum atomic E-state index is -1.67. The first-order valence-electron chi connectivity index (χ1n) is 11.4. The lowest BCUT2D eigenvalue weighted by Crippen LogP contribution is -2.42. The number of hydrogen-bond acceptors (Lipinski definition) is 6. The van der Waals surface area contributed by atoms with Crippen LogP contribution in [-0.4, -0.2) is 64.5 Å². The lowest BCUT2D eigenvalue weighted by atomic mass is 9.99. The number of methoxy groups -OCH3 is 3. The molecule has 1 N–H and O–H groups in total. The van der Waals surface area contributed by atoms with Gasteiger partial charge in [0.25, 0.3) is 0 Å². The average Bonchev–Trinajstić information content (AvgIpc) is 2.68. The molecule has 7 nitrogen and oxygen atoms in total. The second-order valence-electron chi connectivity index (χ2n) is 9.87. The maximum atomic E-state index is 11.1. The van der Waals surface area contributed by atoms with Crippen LogP contribution in [0.25, 0.3) is 6.08 Å². The Bertz CT molecular complexity index is 783. The van der Waals surface area contributed by atoms with Crippen LogP contribution in [0.1, 0.15) is 24.0 Å². The van der Waals surface area contributed by atoms with Gasteiger partial charge < -0.3 is 28.2 Å². The van der Waals surface area contributed by atoms with Crippen LogP contribution in [0.4, 0.5) is 0 Å². The summed E-state index contributed by atoms with van der Waals surface area (Å²) in [5, 5.41) is 9.09. The highest BCUT2D eigenvalue weighted by Crippen LogP contribution is 2.43. The molecule has 1 aromatic rings. The van der Waals surface area contributed by atoms with E-state index in [1.807, 2.05) is 0 Å². The molecule has 0 radical (unpaired) electrons. The number of aliphatic carboxylic acids is 1. The third-order valence-corrected chi connectivity index (χ3v) is 9.03. The number of ether oxygens (including phenoxy) is 3. The van der Waals surface area contributed by atoms with Gasteiger partial charge in [0, 0.05) is 11.6 Å². The van der Waals surface area contributed by atoms with Gasteiger partial charge in [-0.05, 0) is 69.8 Å². The average molecular weight is 515 g/mol. The van der Waals surface area contributed by atoms with Crippen molar-refractivity contribution < 1.29 is 33.0 Å². The van der Waals surface area contributed by atoms with Gasteiger partial charge in [-0.1, -0.05) is 12.5 Å². The Morgan fingerprint density at radius 1 is 0.970 bits per heavy atom. The minimum absolute atomic E-state index is 0.00647.